The Bertz CT molecular complexity index is 1160. The molecule has 156 valence electrons. The Morgan fingerprint density at radius 3 is 2.52 bits per heavy atom. The molecule has 4 rings (SSSR count). The van der Waals surface area contributed by atoms with E-state index in [2.05, 4.69) is 20.8 Å². The molecule has 0 radical (unpaired) electrons. The molecule has 0 saturated heterocycles. The first kappa shape index (κ1) is 20.7. The van der Waals surface area contributed by atoms with Crippen molar-refractivity contribution in [3.8, 4) is 5.69 Å². The van der Waals surface area contributed by atoms with E-state index in [9.17, 15) is 9.18 Å². The van der Waals surface area contributed by atoms with E-state index >= 15 is 0 Å². The minimum atomic E-state index is -0.304. The maximum Gasteiger partial charge on any atom is 0.252 e. The Labute approximate surface area is 183 Å². The number of nitrogens with one attached hydrogen (secondary N) is 1. The quantitative estimate of drug-likeness (QED) is 0.432. The highest BCUT2D eigenvalue weighted by Crippen LogP contribution is 2.27. The smallest absolute Gasteiger partial charge is 0.252 e. The van der Waals surface area contributed by atoms with Crippen LogP contribution >= 0.6 is 11.8 Å². The number of thioether (sulfide) groups is 1. The molecule has 0 fully saturated rings. The van der Waals surface area contributed by atoms with Crippen molar-refractivity contribution in [3.63, 3.8) is 0 Å². The number of hydrogen-bond acceptors (Lipinski definition) is 5. The van der Waals surface area contributed by atoms with Crippen LogP contribution in [0.4, 0.5) is 4.39 Å². The minimum absolute atomic E-state index is 0.192. The molecule has 0 bridgehead atoms. The van der Waals surface area contributed by atoms with Crippen LogP contribution in [0, 0.1) is 5.82 Å². The average Bonchev–Trinajstić information content (AvgIpc) is 3.27. The first-order valence-corrected chi connectivity index (χ1v) is 10.7. The van der Waals surface area contributed by atoms with Crippen molar-refractivity contribution in [1.82, 2.24) is 25.5 Å². The maximum absolute atomic E-state index is 13.2. The molecule has 8 heteroatoms. The molecule has 1 atom stereocenters. The summed E-state index contributed by atoms with van der Waals surface area (Å²) in [4.78, 5) is 13.7. The third-order valence-corrected chi connectivity index (χ3v) is 5.81. The van der Waals surface area contributed by atoms with Gasteiger partial charge in [0.05, 0.1) is 23.0 Å². The first-order chi connectivity index (χ1) is 15.1. The molecule has 31 heavy (non-hydrogen) atoms. The molecule has 6 nitrogen and oxygen atoms in total. The number of benzene rings is 3. The van der Waals surface area contributed by atoms with Gasteiger partial charge in [-0.2, -0.15) is 4.68 Å². The SMILES string of the molecule is CC(NC(=O)c1ccccc1SCc1nnnn1-c1ccccc1)c1ccc(F)cc1. The van der Waals surface area contributed by atoms with Crippen molar-refractivity contribution >= 4 is 17.7 Å². The van der Waals surface area contributed by atoms with Gasteiger partial charge in [-0.1, -0.05) is 42.5 Å². The highest BCUT2D eigenvalue weighted by molar-refractivity contribution is 7.98. The number of hydrogen-bond donors (Lipinski definition) is 1. The molecule has 0 aliphatic carbocycles. The molecular formula is C23H20FN5OS. The Morgan fingerprint density at radius 2 is 1.74 bits per heavy atom. The summed E-state index contributed by atoms with van der Waals surface area (Å²) in [7, 11) is 0. The lowest BCUT2D eigenvalue weighted by atomic mass is 10.1. The summed E-state index contributed by atoms with van der Waals surface area (Å²) in [6, 6.07) is 22.9. The largest absolute Gasteiger partial charge is 0.345 e. The fraction of sp³-hybridized carbons (Fsp3) is 0.130. The zero-order valence-electron chi connectivity index (χ0n) is 16.8. The van der Waals surface area contributed by atoms with Crippen LogP contribution in [0.2, 0.25) is 0 Å². The van der Waals surface area contributed by atoms with Crippen molar-refractivity contribution in [3.05, 3.63) is 102 Å². The molecule has 3 aromatic carbocycles. The molecule has 1 unspecified atom stereocenters. The van der Waals surface area contributed by atoms with Crippen molar-refractivity contribution in [2.75, 3.05) is 0 Å². The number of tetrazole rings is 1. The Hall–Kier alpha value is -3.52. The van der Waals surface area contributed by atoms with Crippen molar-refractivity contribution in [1.29, 1.82) is 0 Å². The summed E-state index contributed by atoms with van der Waals surface area (Å²) in [6.45, 7) is 1.87. The number of halogens is 1. The average molecular weight is 434 g/mol. The molecular weight excluding hydrogens is 413 g/mol. The van der Waals surface area contributed by atoms with E-state index in [4.69, 9.17) is 0 Å². The summed E-state index contributed by atoms with van der Waals surface area (Å²) < 4.78 is 14.8. The molecule has 0 aliphatic heterocycles. The topological polar surface area (TPSA) is 72.7 Å². The van der Waals surface area contributed by atoms with E-state index in [1.807, 2.05) is 55.5 Å². The molecule has 1 heterocycles. The summed E-state index contributed by atoms with van der Waals surface area (Å²) in [5, 5.41) is 15.0. The monoisotopic (exact) mass is 433 g/mol. The van der Waals surface area contributed by atoms with Gasteiger partial charge in [0.15, 0.2) is 5.82 Å². The predicted molar refractivity (Wildman–Crippen MR) is 117 cm³/mol. The van der Waals surface area contributed by atoms with Crippen LogP contribution < -0.4 is 5.32 Å². The number of nitrogens with zero attached hydrogens (tertiary/aromatic N) is 4. The number of amides is 1. The lowest BCUT2D eigenvalue weighted by Crippen LogP contribution is -2.27. The molecule has 1 amide bonds. The lowest BCUT2D eigenvalue weighted by Gasteiger charge is -2.16. The summed E-state index contributed by atoms with van der Waals surface area (Å²) >= 11 is 1.49. The lowest BCUT2D eigenvalue weighted by molar-refractivity contribution is 0.0937. The molecule has 1 N–H and O–H groups in total. The van der Waals surface area contributed by atoms with E-state index in [1.54, 1.807) is 22.9 Å². The first-order valence-electron chi connectivity index (χ1n) is 9.72. The molecule has 0 aliphatic rings. The van der Waals surface area contributed by atoms with Gasteiger partial charge >= 0.3 is 0 Å². The van der Waals surface area contributed by atoms with Crippen LogP contribution in [-0.4, -0.2) is 26.1 Å². The second kappa shape index (κ2) is 9.53. The second-order valence-electron chi connectivity index (χ2n) is 6.87. The van der Waals surface area contributed by atoms with Gasteiger partial charge in [0.25, 0.3) is 5.91 Å². The van der Waals surface area contributed by atoms with Gasteiger partial charge in [-0.3, -0.25) is 4.79 Å². The standard InChI is InChI=1S/C23H20FN5OS/c1-16(17-11-13-18(24)14-12-17)25-23(30)20-9-5-6-10-21(20)31-15-22-26-27-28-29(22)19-7-3-2-4-8-19/h2-14,16H,15H2,1H3,(H,25,30). The van der Waals surface area contributed by atoms with Crippen molar-refractivity contribution in [2.45, 2.75) is 23.6 Å². The van der Waals surface area contributed by atoms with Crippen LogP contribution in [-0.2, 0) is 5.75 Å². The van der Waals surface area contributed by atoms with Crippen LogP contribution in [0.5, 0.6) is 0 Å². The third-order valence-electron chi connectivity index (χ3n) is 4.74. The maximum atomic E-state index is 13.2. The van der Waals surface area contributed by atoms with Gasteiger partial charge in [0.2, 0.25) is 0 Å². The highest BCUT2D eigenvalue weighted by atomic mass is 32.2. The van der Waals surface area contributed by atoms with Crippen LogP contribution in [0.25, 0.3) is 5.69 Å². The highest BCUT2D eigenvalue weighted by Gasteiger charge is 2.16. The van der Waals surface area contributed by atoms with Gasteiger partial charge in [0.1, 0.15) is 5.82 Å². The number of carbonyl (C=O) groups is 1. The van der Waals surface area contributed by atoms with E-state index in [1.165, 1.54) is 23.9 Å². The van der Waals surface area contributed by atoms with Crippen molar-refractivity contribution < 1.29 is 9.18 Å². The summed E-state index contributed by atoms with van der Waals surface area (Å²) in [5.41, 5.74) is 2.28. The van der Waals surface area contributed by atoms with E-state index in [0.29, 0.717) is 17.1 Å². The zero-order valence-corrected chi connectivity index (χ0v) is 17.6. The van der Waals surface area contributed by atoms with E-state index in [-0.39, 0.29) is 17.8 Å². The van der Waals surface area contributed by atoms with E-state index < -0.39 is 0 Å². The van der Waals surface area contributed by atoms with Gasteiger partial charge in [-0.25, -0.2) is 4.39 Å². The van der Waals surface area contributed by atoms with Crippen LogP contribution in [0.3, 0.4) is 0 Å². The molecule has 4 aromatic rings. The Kier molecular flexibility index (Phi) is 6.37. The second-order valence-corrected chi connectivity index (χ2v) is 7.89. The Morgan fingerprint density at radius 1 is 1.03 bits per heavy atom. The molecule has 1 aromatic heterocycles. The van der Waals surface area contributed by atoms with Crippen LogP contribution in [0.15, 0.2) is 83.8 Å². The zero-order chi connectivity index (χ0) is 21.6. The van der Waals surface area contributed by atoms with Gasteiger partial charge in [0, 0.05) is 4.90 Å². The fourth-order valence-corrected chi connectivity index (χ4v) is 4.05. The predicted octanol–water partition coefficient (Wildman–Crippen LogP) is 4.58. The number of para-hydroxylation sites is 1. The van der Waals surface area contributed by atoms with Gasteiger partial charge in [-0.15, -0.1) is 16.9 Å². The Balaban J connectivity index is 1.47. The van der Waals surface area contributed by atoms with E-state index in [0.717, 1.165) is 16.1 Å². The third kappa shape index (κ3) is 4.97. The minimum Gasteiger partial charge on any atom is -0.345 e. The van der Waals surface area contributed by atoms with Crippen molar-refractivity contribution in [2.24, 2.45) is 0 Å². The number of aromatic nitrogens is 4. The molecule has 0 spiro atoms. The van der Waals surface area contributed by atoms with Crippen LogP contribution in [0.1, 0.15) is 34.7 Å². The number of carbonyl (C=O) groups excluding carboxylic acids is 1. The summed E-state index contributed by atoms with van der Waals surface area (Å²) in [5.74, 6) is 0.690. The number of rotatable bonds is 7. The molecule has 0 saturated carbocycles. The van der Waals surface area contributed by atoms with Gasteiger partial charge < -0.3 is 5.32 Å². The normalized spacial score (nSPS) is 11.8. The summed E-state index contributed by atoms with van der Waals surface area (Å²) in [6.07, 6.45) is 0. The van der Waals surface area contributed by atoms with Gasteiger partial charge in [-0.05, 0) is 59.3 Å². The fourth-order valence-electron chi connectivity index (χ4n) is 3.10.